The number of benzene rings is 1. The fraction of sp³-hybridized carbons (Fsp3) is 0.429. The van der Waals surface area contributed by atoms with Crippen molar-refractivity contribution in [1.82, 2.24) is 4.90 Å². The summed E-state index contributed by atoms with van der Waals surface area (Å²) in [7, 11) is 0. The van der Waals surface area contributed by atoms with Crippen LogP contribution >= 0.6 is 0 Å². The van der Waals surface area contributed by atoms with Gasteiger partial charge in [0.05, 0.1) is 13.2 Å². The Labute approximate surface area is 111 Å². The average Bonchev–Trinajstić information content (AvgIpc) is 2.41. The number of carboxylic acid groups (broad SMARTS) is 1. The van der Waals surface area contributed by atoms with Crippen molar-refractivity contribution < 1.29 is 19.4 Å². The number of carboxylic acids is 1. The summed E-state index contributed by atoms with van der Waals surface area (Å²) in [6.07, 6.45) is -0.928. The van der Waals surface area contributed by atoms with Gasteiger partial charge in [-0.05, 0) is 25.5 Å². The van der Waals surface area contributed by atoms with E-state index in [1.165, 1.54) is 0 Å². The molecule has 1 N–H and O–H groups in total. The molecule has 0 spiro atoms. The quantitative estimate of drug-likeness (QED) is 0.871. The van der Waals surface area contributed by atoms with Crippen molar-refractivity contribution in [1.29, 1.82) is 0 Å². The molecule has 19 heavy (non-hydrogen) atoms. The van der Waals surface area contributed by atoms with Crippen molar-refractivity contribution >= 4 is 11.9 Å². The minimum absolute atomic E-state index is 0.0988. The first kappa shape index (κ1) is 13.5. The second kappa shape index (κ2) is 5.40. The maximum Gasteiger partial charge on any atom is 0.334 e. The summed E-state index contributed by atoms with van der Waals surface area (Å²) in [6, 6.07) is 5.69. The third kappa shape index (κ3) is 2.93. The third-order valence-corrected chi connectivity index (χ3v) is 3.25. The molecule has 0 aliphatic carbocycles. The Bertz CT molecular complexity index is 512. The van der Waals surface area contributed by atoms with Crippen molar-refractivity contribution in [2.75, 3.05) is 19.7 Å². The Morgan fingerprint density at radius 1 is 1.37 bits per heavy atom. The monoisotopic (exact) mass is 263 g/mol. The number of aliphatic carboxylic acids is 1. The Hall–Kier alpha value is -1.88. The number of carbonyl (C=O) groups excluding carboxylic acids is 1. The zero-order chi connectivity index (χ0) is 14.0. The number of rotatable bonds is 2. The summed E-state index contributed by atoms with van der Waals surface area (Å²) in [5.74, 6) is -1.16. The van der Waals surface area contributed by atoms with Crippen molar-refractivity contribution in [2.24, 2.45) is 0 Å². The van der Waals surface area contributed by atoms with Gasteiger partial charge in [0.2, 0.25) is 0 Å². The molecule has 1 fully saturated rings. The lowest BCUT2D eigenvalue weighted by molar-refractivity contribution is -0.154. The van der Waals surface area contributed by atoms with Crippen LogP contribution in [0.2, 0.25) is 0 Å². The molecule has 1 heterocycles. The van der Waals surface area contributed by atoms with Gasteiger partial charge in [-0.25, -0.2) is 4.79 Å². The summed E-state index contributed by atoms with van der Waals surface area (Å²) in [5, 5.41) is 8.94. The molecule has 1 unspecified atom stereocenters. The van der Waals surface area contributed by atoms with Crippen LogP contribution in [0.3, 0.4) is 0 Å². The highest BCUT2D eigenvalue weighted by Crippen LogP contribution is 2.16. The van der Waals surface area contributed by atoms with Gasteiger partial charge in [-0.2, -0.15) is 0 Å². The molecule has 1 aromatic rings. The average molecular weight is 263 g/mol. The highest BCUT2D eigenvalue weighted by atomic mass is 16.5. The molecule has 0 saturated carbocycles. The van der Waals surface area contributed by atoms with Gasteiger partial charge in [-0.3, -0.25) is 4.79 Å². The largest absolute Gasteiger partial charge is 0.479 e. The highest BCUT2D eigenvalue weighted by Gasteiger charge is 2.29. The molecule has 2 rings (SSSR count). The summed E-state index contributed by atoms with van der Waals surface area (Å²) >= 11 is 0. The van der Waals surface area contributed by atoms with Gasteiger partial charge in [0.15, 0.2) is 6.10 Å². The molecule has 1 aliphatic heterocycles. The van der Waals surface area contributed by atoms with Gasteiger partial charge >= 0.3 is 5.97 Å². The Morgan fingerprint density at radius 3 is 2.79 bits per heavy atom. The Morgan fingerprint density at radius 2 is 2.11 bits per heavy atom. The maximum absolute atomic E-state index is 12.4. The minimum atomic E-state index is -1.03. The van der Waals surface area contributed by atoms with Gasteiger partial charge in [0, 0.05) is 12.1 Å². The van der Waals surface area contributed by atoms with Gasteiger partial charge in [-0.15, -0.1) is 0 Å². The van der Waals surface area contributed by atoms with E-state index in [1.807, 2.05) is 32.0 Å². The second-order valence-electron chi connectivity index (χ2n) is 4.77. The molecule has 5 heteroatoms. The zero-order valence-corrected chi connectivity index (χ0v) is 11.0. The normalized spacial score (nSPS) is 19.3. The van der Waals surface area contributed by atoms with E-state index in [9.17, 15) is 9.59 Å². The first-order chi connectivity index (χ1) is 8.99. The predicted octanol–water partition coefficient (Wildman–Crippen LogP) is 1.23. The molecule has 1 amide bonds. The van der Waals surface area contributed by atoms with E-state index in [0.717, 1.165) is 11.1 Å². The standard InChI is InChI=1S/C14H17NO4/c1-9-3-4-10(2)11(7-9)13(16)15-5-6-19-12(8-15)14(17)18/h3-4,7,12H,5-6,8H2,1-2H3,(H,17,18). The zero-order valence-electron chi connectivity index (χ0n) is 11.0. The number of amides is 1. The topological polar surface area (TPSA) is 66.8 Å². The number of morpholine rings is 1. The van der Waals surface area contributed by atoms with E-state index in [0.29, 0.717) is 12.1 Å². The van der Waals surface area contributed by atoms with Crippen molar-refractivity contribution in [2.45, 2.75) is 20.0 Å². The lowest BCUT2D eigenvalue weighted by Crippen LogP contribution is -2.48. The van der Waals surface area contributed by atoms with Crippen LogP contribution in [0.4, 0.5) is 0 Å². The molecule has 1 saturated heterocycles. The van der Waals surface area contributed by atoms with Crippen molar-refractivity contribution in [3.05, 3.63) is 34.9 Å². The van der Waals surface area contributed by atoms with Crippen LogP contribution in [0.5, 0.6) is 0 Å². The molecule has 0 aromatic heterocycles. The van der Waals surface area contributed by atoms with Crippen molar-refractivity contribution in [3.8, 4) is 0 Å². The molecule has 102 valence electrons. The summed E-state index contributed by atoms with van der Waals surface area (Å²) in [6.45, 7) is 4.59. The Balaban J connectivity index is 2.19. The van der Waals surface area contributed by atoms with E-state index in [1.54, 1.807) is 4.90 Å². The number of carbonyl (C=O) groups is 2. The van der Waals surface area contributed by atoms with E-state index < -0.39 is 12.1 Å². The molecule has 5 nitrogen and oxygen atoms in total. The SMILES string of the molecule is Cc1ccc(C)c(C(=O)N2CCOC(C(=O)O)C2)c1. The number of hydrogen-bond donors (Lipinski definition) is 1. The van der Waals surface area contributed by atoms with Crippen LogP contribution in [-0.2, 0) is 9.53 Å². The molecule has 1 aliphatic rings. The first-order valence-corrected chi connectivity index (χ1v) is 6.20. The fourth-order valence-corrected chi connectivity index (χ4v) is 2.12. The molecule has 1 atom stereocenters. The van der Waals surface area contributed by atoms with Gasteiger partial charge in [-0.1, -0.05) is 17.7 Å². The highest BCUT2D eigenvalue weighted by molar-refractivity contribution is 5.96. The van der Waals surface area contributed by atoms with Gasteiger partial charge < -0.3 is 14.7 Å². The molecule has 1 aromatic carbocycles. The molecule has 0 radical (unpaired) electrons. The molecular weight excluding hydrogens is 246 g/mol. The third-order valence-electron chi connectivity index (χ3n) is 3.25. The lowest BCUT2D eigenvalue weighted by atomic mass is 10.0. The van der Waals surface area contributed by atoms with Crippen LogP contribution in [0.25, 0.3) is 0 Å². The summed E-state index contributed by atoms with van der Waals surface area (Å²) in [5.41, 5.74) is 2.54. The van der Waals surface area contributed by atoms with E-state index in [2.05, 4.69) is 0 Å². The van der Waals surface area contributed by atoms with Crippen LogP contribution in [-0.4, -0.2) is 47.7 Å². The second-order valence-corrected chi connectivity index (χ2v) is 4.77. The maximum atomic E-state index is 12.4. The van der Waals surface area contributed by atoms with Crippen molar-refractivity contribution in [3.63, 3.8) is 0 Å². The summed E-state index contributed by atoms with van der Waals surface area (Å²) < 4.78 is 5.12. The van der Waals surface area contributed by atoms with E-state index in [4.69, 9.17) is 9.84 Å². The lowest BCUT2D eigenvalue weighted by Gasteiger charge is -2.31. The predicted molar refractivity (Wildman–Crippen MR) is 69.2 cm³/mol. The smallest absolute Gasteiger partial charge is 0.334 e. The fourth-order valence-electron chi connectivity index (χ4n) is 2.12. The minimum Gasteiger partial charge on any atom is -0.479 e. The Kier molecular flexibility index (Phi) is 3.85. The molecule has 0 bridgehead atoms. The number of ether oxygens (including phenoxy) is 1. The molecular formula is C14H17NO4. The van der Waals surface area contributed by atoms with Gasteiger partial charge in [0.25, 0.3) is 5.91 Å². The van der Waals surface area contributed by atoms with Crippen LogP contribution < -0.4 is 0 Å². The van der Waals surface area contributed by atoms with Crippen LogP contribution in [0.1, 0.15) is 21.5 Å². The van der Waals surface area contributed by atoms with Gasteiger partial charge in [0.1, 0.15) is 0 Å². The first-order valence-electron chi connectivity index (χ1n) is 6.20. The van der Waals surface area contributed by atoms with Crippen LogP contribution in [0.15, 0.2) is 18.2 Å². The number of hydrogen-bond acceptors (Lipinski definition) is 3. The number of nitrogens with zero attached hydrogens (tertiary/aromatic N) is 1. The van der Waals surface area contributed by atoms with E-state index in [-0.39, 0.29) is 19.1 Å². The van der Waals surface area contributed by atoms with Crippen LogP contribution in [0, 0.1) is 13.8 Å². The van der Waals surface area contributed by atoms with E-state index >= 15 is 0 Å². The number of aryl methyl sites for hydroxylation is 2. The summed E-state index contributed by atoms with van der Waals surface area (Å²) in [4.78, 5) is 24.9.